The predicted molar refractivity (Wildman–Crippen MR) is 176 cm³/mol. The molecule has 1 aliphatic carbocycles. The molecule has 13 nitrogen and oxygen atoms in total. The summed E-state index contributed by atoms with van der Waals surface area (Å²) in [5, 5.41) is 12.6. The van der Waals surface area contributed by atoms with Gasteiger partial charge in [-0.05, 0) is 56.5 Å². The normalized spacial score (nSPS) is 17.7. The van der Waals surface area contributed by atoms with Crippen molar-refractivity contribution >= 4 is 29.3 Å². The number of nitrogens with zero attached hydrogens (tertiary/aromatic N) is 5. The number of carbonyl (C=O) groups excluding carboxylic acids is 4. The summed E-state index contributed by atoms with van der Waals surface area (Å²) in [5.74, 6) is -2.89. The second-order valence-corrected chi connectivity index (χ2v) is 12.7. The van der Waals surface area contributed by atoms with E-state index in [-0.39, 0.29) is 23.2 Å². The first-order valence-electron chi connectivity index (χ1n) is 16.7. The first-order valence-corrected chi connectivity index (χ1v) is 16.7. The van der Waals surface area contributed by atoms with Crippen LogP contribution in [0.15, 0.2) is 41.1 Å². The first kappa shape index (κ1) is 34.7. The number of oxazole rings is 1. The van der Waals surface area contributed by atoms with Crippen LogP contribution in [0.25, 0.3) is 0 Å². The smallest absolute Gasteiger partial charge is 0.273 e. The predicted octanol–water partition coefficient (Wildman–Crippen LogP) is 3.33. The molecule has 0 spiro atoms. The van der Waals surface area contributed by atoms with Crippen molar-refractivity contribution in [1.29, 1.82) is 0 Å². The van der Waals surface area contributed by atoms with Crippen LogP contribution in [0, 0.1) is 18.7 Å². The van der Waals surface area contributed by atoms with Crippen LogP contribution in [-0.2, 0) is 16.1 Å². The lowest BCUT2D eigenvalue weighted by molar-refractivity contribution is -0.135. The van der Waals surface area contributed by atoms with Crippen LogP contribution in [0.2, 0.25) is 0 Å². The van der Waals surface area contributed by atoms with E-state index >= 15 is 4.39 Å². The highest BCUT2D eigenvalue weighted by molar-refractivity contribution is 6.01. The van der Waals surface area contributed by atoms with Crippen molar-refractivity contribution in [2.24, 2.45) is 5.92 Å². The highest BCUT2D eigenvalue weighted by Gasteiger charge is 2.35. The molecule has 1 saturated carbocycles. The SMILES string of the molecule is CCn1nccc1C(=O)N[C@H](C(=O)Nc1ccc([C@H](C)[C@@H](NC(=O)c2coc(C)n2)C(=O)N2CCN(C)CC2)cc1F)C1CCCCC1. The average molecular weight is 665 g/mol. The van der Waals surface area contributed by atoms with E-state index in [2.05, 4.69) is 30.9 Å². The fourth-order valence-corrected chi connectivity index (χ4v) is 6.48. The monoisotopic (exact) mass is 664 g/mol. The Labute approximate surface area is 279 Å². The fraction of sp³-hybridized carbons (Fsp3) is 0.529. The van der Waals surface area contributed by atoms with Crippen molar-refractivity contribution in [3.63, 3.8) is 0 Å². The molecule has 1 aliphatic heterocycles. The van der Waals surface area contributed by atoms with Gasteiger partial charge in [-0.1, -0.05) is 32.3 Å². The van der Waals surface area contributed by atoms with Crippen molar-refractivity contribution in [2.45, 2.75) is 77.4 Å². The van der Waals surface area contributed by atoms with E-state index in [9.17, 15) is 19.2 Å². The molecule has 5 rings (SSSR count). The van der Waals surface area contributed by atoms with Gasteiger partial charge in [-0.15, -0.1) is 0 Å². The zero-order valence-electron chi connectivity index (χ0n) is 28.0. The Morgan fingerprint density at radius 2 is 1.75 bits per heavy atom. The summed E-state index contributed by atoms with van der Waals surface area (Å²) in [6, 6.07) is 4.08. The number of halogens is 1. The van der Waals surface area contributed by atoms with Gasteiger partial charge < -0.3 is 30.2 Å². The molecule has 48 heavy (non-hydrogen) atoms. The van der Waals surface area contributed by atoms with Gasteiger partial charge in [0.05, 0.1) is 5.69 Å². The number of piperazine rings is 1. The summed E-state index contributed by atoms with van der Waals surface area (Å²) in [6.45, 7) is 8.11. The van der Waals surface area contributed by atoms with E-state index in [1.165, 1.54) is 24.6 Å². The molecule has 2 fully saturated rings. The molecule has 3 heterocycles. The van der Waals surface area contributed by atoms with E-state index in [1.807, 2.05) is 14.0 Å². The van der Waals surface area contributed by atoms with Gasteiger partial charge in [0.2, 0.25) is 11.8 Å². The zero-order chi connectivity index (χ0) is 34.4. The van der Waals surface area contributed by atoms with Crippen molar-refractivity contribution in [3.05, 3.63) is 65.4 Å². The summed E-state index contributed by atoms with van der Waals surface area (Å²) in [6.07, 6.45) is 7.26. The number of likely N-dealkylation sites (N-methyl/N-ethyl adjacent to an activating group) is 1. The quantitative estimate of drug-likeness (QED) is 0.282. The number of hydrogen-bond acceptors (Lipinski definition) is 8. The van der Waals surface area contributed by atoms with E-state index in [1.54, 1.807) is 35.6 Å². The van der Waals surface area contributed by atoms with Crippen LogP contribution in [0.3, 0.4) is 0 Å². The number of carbonyl (C=O) groups is 4. The van der Waals surface area contributed by atoms with Crippen LogP contribution >= 0.6 is 0 Å². The number of benzene rings is 1. The van der Waals surface area contributed by atoms with Gasteiger partial charge >= 0.3 is 0 Å². The summed E-state index contributed by atoms with van der Waals surface area (Å²) in [7, 11) is 1.98. The molecule has 2 aromatic heterocycles. The maximum Gasteiger partial charge on any atom is 0.273 e. The van der Waals surface area contributed by atoms with Crippen LogP contribution in [0.5, 0.6) is 0 Å². The highest BCUT2D eigenvalue weighted by atomic mass is 19.1. The van der Waals surface area contributed by atoms with Gasteiger partial charge in [0.1, 0.15) is 29.9 Å². The molecule has 1 aromatic carbocycles. The van der Waals surface area contributed by atoms with Gasteiger partial charge in [-0.25, -0.2) is 9.37 Å². The third-order valence-corrected chi connectivity index (χ3v) is 9.44. The van der Waals surface area contributed by atoms with Gasteiger partial charge in [-0.2, -0.15) is 5.10 Å². The van der Waals surface area contributed by atoms with Crippen molar-refractivity contribution in [1.82, 2.24) is 35.2 Å². The molecule has 3 N–H and O–H groups in total. The Bertz CT molecular complexity index is 1610. The number of amides is 4. The molecule has 3 atom stereocenters. The number of aryl methyl sites for hydroxylation is 2. The topological polar surface area (TPSA) is 155 Å². The van der Waals surface area contributed by atoms with Gasteiger partial charge in [-0.3, -0.25) is 23.9 Å². The van der Waals surface area contributed by atoms with Gasteiger partial charge in [0, 0.05) is 51.8 Å². The summed E-state index contributed by atoms with van der Waals surface area (Å²) in [5.41, 5.74) is 0.800. The Morgan fingerprint density at radius 1 is 1.02 bits per heavy atom. The fourth-order valence-electron chi connectivity index (χ4n) is 6.48. The lowest BCUT2D eigenvalue weighted by atomic mass is 9.83. The summed E-state index contributed by atoms with van der Waals surface area (Å²) in [4.78, 5) is 61.6. The number of hydrogen-bond donors (Lipinski definition) is 3. The largest absolute Gasteiger partial charge is 0.448 e. The van der Waals surface area contributed by atoms with E-state index in [0.29, 0.717) is 49.9 Å². The molecular weight excluding hydrogens is 619 g/mol. The number of anilines is 1. The number of nitrogens with one attached hydrogen (secondary N) is 3. The van der Waals surface area contributed by atoms with Crippen LogP contribution in [-0.4, -0.2) is 93.5 Å². The molecule has 4 amide bonds. The van der Waals surface area contributed by atoms with E-state index < -0.39 is 41.5 Å². The first-order chi connectivity index (χ1) is 23.0. The molecule has 258 valence electrons. The molecule has 14 heteroatoms. The molecule has 2 aliphatic rings. The Balaban J connectivity index is 1.34. The minimum atomic E-state index is -1.01. The molecule has 1 saturated heterocycles. The van der Waals surface area contributed by atoms with E-state index in [4.69, 9.17) is 4.42 Å². The highest BCUT2D eigenvalue weighted by Crippen LogP contribution is 2.29. The molecule has 0 unspecified atom stereocenters. The minimum Gasteiger partial charge on any atom is -0.448 e. The maximum absolute atomic E-state index is 15.7. The Hall–Kier alpha value is -4.59. The number of rotatable bonds is 11. The lowest BCUT2D eigenvalue weighted by Gasteiger charge is -2.36. The average Bonchev–Trinajstić information content (AvgIpc) is 3.76. The van der Waals surface area contributed by atoms with Crippen LogP contribution in [0.1, 0.15) is 84.3 Å². The third kappa shape index (κ3) is 8.09. The summed E-state index contributed by atoms with van der Waals surface area (Å²) >= 11 is 0. The van der Waals surface area contributed by atoms with E-state index in [0.717, 1.165) is 32.1 Å². The Kier molecular flexibility index (Phi) is 11.2. The Morgan fingerprint density at radius 3 is 2.40 bits per heavy atom. The molecular formula is C34H45FN8O5. The maximum atomic E-state index is 15.7. The van der Waals surface area contributed by atoms with Crippen molar-refractivity contribution in [2.75, 3.05) is 38.5 Å². The zero-order valence-corrected chi connectivity index (χ0v) is 28.0. The lowest BCUT2D eigenvalue weighted by Crippen LogP contribution is -2.55. The molecule has 0 bridgehead atoms. The minimum absolute atomic E-state index is 0.0406. The second kappa shape index (κ2) is 15.5. The van der Waals surface area contributed by atoms with Gasteiger partial charge in [0.25, 0.3) is 11.8 Å². The second-order valence-electron chi connectivity index (χ2n) is 12.7. The van der Waals surface area contributed by atoms with Crippen LogP contribution in [0.4, 0.5) is 10.1 Å². The summed E-state index contributed by atoms with van der Waals surface area (Å²) < 4.78 is 22.5. The standard InChI is InChI=1S/C34H45FN8O5/c1-5-43-28(13-14-36-43)32(45)40-30(23-9-7-6-8-10-23)33(46)38-26-12-11-24(19-25(26)35)21(2)29(34(47)42-17-15-41(4)16-18-42)39-31(44)27-20-48-22(3)37-27/h11-14,19-21,23,29-30H,5-10,15-18H2,1-4H3,(H,38,46)(H,39,44)(H,40,45)/t21-,29+,30-/m0/s1. The third-order valence-electron chi connectivity index (χ3n) is 9.44. The number of aromatic nitrogens is 3. The van der Waals surface area contributed by atoms with Crippen LogP contribution < -0.4 is 16.0 Å². The van der Waals surface area contributed by atoms with Gasteiger partial charge in [0.15, 0.2) is 11.6 Å². The van der Waals surface area contributed by atoms with Crippen molar-refractivity contribution < 1.29 is 28.0 Å². The molecule has 3 aromatic rings. The molecule has 0 radical (unpaired) electrons. The van der Waals surface area contributed by atoms with Crippen molar-refractivity contribution in [3.8, 4) is 0 Å².